The maximum Gasteiger partial charge on any atom is 0.227 e. The molecule has 0 aromatic rings. The molecule has 3 fully saturated rings. The minimum Gasteiger partial charge on any atom is -0.389 e. The zero-order valence-electron chi connectivity index (χ0n) is 11.5. The minimum atomic E-state index is -0.756. The summed E-state index contributed by atoms with van der Waals surface area (Å²) in [6.07, 6.45) is 2.72. The van der Waals surface area contributed by atoms with E-state index in [1.165, 1.54) is 0 Å². The largest absolute Gasteiger partial charge is 0.389 e. The van der Waals surface area contributed by atoms with E-state index in [4.69, 9.17) is 0 Å². The predicted molar refractivity (Wildman–Crippen MR) is 69.2 cm³/mol. The van der Waals surface area contributed by atoms with E-state index in [0.29, 0.717) is 19.0 Å². The molecule has 0 spiro atoms. The normalized spacial score (nSPS) is 32.4. The van der Waals surface area contributed by atoms with Crippen molar-refractivity contribution in [1.82, 2.24) is 9.80 Å². The van der Waals surface area contributed by atoms with Crippen LogP contribution in [-0.2, 0) is 9.59 Å². The van der Waals surface area contributed by atoms with Crippen LogP contribution in [0.25, 0.3) is 0 Å². The number of nitrogens with zero attached hydrogens (tertiary/aromatic N) is 2. The third-order valence-corrected chi connectivity index (χ3v) is 5.02. The number of carbonyl (C=O) groups is 2. The molecule has 1 N–H and O–H groups in total. The van der Waals surface area contributed by atoms with E-state index < -0.39 is 5.60 Å². The Labute approximate surface area is 113 Å². The molecule has 19 heavy (non-hydrogen) atoms. The van der Waals surface area contributed by atoms with Gasteiger partial charge < -0.3 is 14.9 Å². The number of hydrogen-bond donors (Lipinski definition) is 1. The highest BCUT2D eigenvalue weighted by atomic mass is 16.3. The average Bonchev–Trinajstić information content (AvgIpc) is 2.87. The van der Waals surface area contributed by atoms with Crippen LogP contribution in [0.1, 0.15) is 32.6 Å². The molecule has 5 nitrogen and oxygen atoms in total. The van der Waals surface area contributed by atoms with Crippen molar-refractivity contribution in [3.63, 3.8) is 0 Å². The van der Waals surface area contributed by atoms with Crippen molar-refractivity contribution in [3.05, 3.63) is 0 Å². The molecule has 1 saturated carbocycles. The lowest BCUT2D eigenvalue weighted by molar-refractivity contribution is -0.140. The Kier molecular flexibility index (Phi) is 3.04. The van der Waals surface area contributed by atoms with Crippen LogP contribution in [0.4, 0.5) is 0 Å². The van der Waals surface area contributed by atoms with Gasteiger partial charge in [0.2, 0.25) is 11.8 Å². The number of fused-ring (bicyclic) bond motifs is 1. The highest BCUT2D eigenvalue weighted by Gasteiger charge is 2.48. The molecule has 0 aromatic carbocycles. The molecule has 2 atom stereocenters. The van der Waals surface area contributed by atoms with Gasteiger partial charge in [0.1, 0.15) is 0 Å². The smallest absolute Gasteiger partial charge is 0.227 e. The third-order valence-electron chi connectivity index (χ3n) is 5.02. The zero-order chi connectivity index (χ0) is 13.6. The Morgan fingerprint density at radius 1 is 1.37 bits per heavy atom. The van der Waals surface area contributed by atoms with Gasteiger partial charge in [-0.2, -0.15) is 0 Å². The van der Waals surface area contributed by atoms with Crippen LogP contribution in [-0.4, -0.2) is 58.5 Å². The van der Waals surface area contributed by atoms with Crippen LogP contribution in [0.5, 0.6) is 0 Å². The summed E-state index contributed by atoms with van der Waals surface area (Å²) in [5.41, 5.74) is -0.756. The van der Waals surface area contributed by atoms with Crippen molar-refractivity contribution in [2.45, 2.75) is 38.2 Å². The maximum atomic E-state index is 12.2. The van der Waals surface area contributed by atoms with Crippen LogP contribution in [0, 0.1) is 11.8 Å². The Morgan fingerprint density at radius 2 is 2.11 bits per heavy atom. The molecule has 106 valence electrons. The summed E-state index contributed by atoms with van der Waals surface area (Å²) in [5, 5.41) is 10.1. The van der Waals surface area contributed by atoms with Gasteiger partial charge in [-0.3, -0.25) is 9.59 Å². The Hall–Kier alpha value is -1.10. The second-order valence-electron chi connectivity index (χ2n) is 6.30. The van der Waals surface area contributed by atoms with Crippen molar-refractivity contribution >= 4 is 11.8 Å². The SMILES string of the molecule is CCN1C[C@@H]2CN(C(=O)CC3(O)CCC3)C[C@@H]2C1=O. The lowest BCUT2D eigenvalue weighted by Crippen LogP contribution is -2.44. The van der Waals surface area contributed by atoms with Gasteiger partial charge in [-0.1, -0.05) is 0 Å². The van der Waals surface area contributed by atoms with Crippen LogP contribution >= 0.6 is 0 Å². The van der Waals surface area contributed by atoms with E-state index in [9.17, 15) is 14.7 Å². The standard InChI is InChI=1S/C14H22N2O3/c1-2-15-7-10-8-16(9-11(10)13(15)18)12(17)6-14(19)4-3-5-14/h10-11,19H,2-9H2,1H3/t10-,11+/m1/s1. The van der Waals surface area contributed by atoms with Gasteiger partial charge in [-0.15, -0.1) is 0 Å². The molecule has 0 aromatic heterocycles. The van der Waals surface area contributed by atoms with E-state index in [1.807, 2.05) is 11.8 Å². The van der Waals surface area contributed by atoms with Crippen LogP contribution in [0.2, 0.25) is 0 Å². The van der Waals surface area contributed by atoms with Crippen molar-refractivity contribution in [2.75, 3.05) is 26.2 Å². The van der Waals surface area contributed by atoms with E-state index in [2.05, 4.69) is 0 Å². The fraction of sp³-hybridized carbons (Fsp3) is 0.857. The number of hydrogen-bond acceptors (Lipinski definition) is 3. The summed E-state index contributed by atoms with van der Waals surface area (Å²) in [6.45, 7) is 4.78. The summed E-state index contributed by atoms with van der Waals surface area (Å²) in [6, 6.07) is 0. The molecule has 5 heteroatoms. The first-order chi connectivity index (χ1) is 9.02. The number of amides is 2. The molecule has 2 aliphatic heterocycles. The highest BCUT2D eigenvalue weighted by Crippen LogP contribution is 2.37. The lowest BCUT2D eigenvalue weighted by atomic mass is 9.77. The first-order valence-corrected chi connectivity index (χ1v) is 7.31. The molecule has 0 unspecified atom stereocenters. The topological polar surface area (TPSA) is 60.9 Å². The quantitative estimate of drug-likeness (QED) is 0.795. The van der Waals surface area contributed by atoms with Crippen molar-refractivity contribution < 1.29 is 14.7 Å². The van der Waals surface area contributed by atoms with E-state index >= 15 is 0 Å². The molecular weight excluding hydrogens is 244 g/mol. The second-order valence-corrected chi connectivity index (χ2v) is 6.30. The molecule has 2 amide bonds. The van der Waals surface area contributed by atoms with Crippen molar-refractivity contribution in [1.29, 1.82) is 0 Å². The molecule has 0 bridgehead atoms. The molecule has 2 saturated heterocycles. The summed E-state index contributed by atoms with van der Waals surface area (Å²) in [4.78, 5) is 27.9. The fourth-order valence-electron chi connectivity index (χ4n) is 3.59. The number of aliphatic hydroxyl groups is 1. The summed E-state index contributed by atoms with van der Waals surface area (Å²) >= 11 is 0. The van der Waals surface area contributed by atoms with Gasteiger partial charge in [0, 0.05) is 32.1 Å². The number of rotatable bonds is 3. The fourth-order valence-corrected chi connectivity index (χ4v) is 3.59. The van der Waals surface area contributed by atoms with Gasteiger partial charge >= 0.3 is 0 Å². The average molecular weight is 266 g/mol. The van der Waals surface area contributed by atoms with Crippen molar-refractivity contribution in [3.8, 4) is 0 Å². The van der Waals surface area contributed by atoms with E-state index in [-0.39, 0.29) is 24.2 Å². The van der Waals surface area contributed by atoms with E-state index in [0.717, 1.165) is 32.4 Å². The third kappa shape index (κ3) is 2.14. The predicted octanol–water partition coefficient (Wildman–Crippen LogP) is 0.228. The van der Waals surface area contributed by atoms with Gasteiger partial charge in [-0.05, 0) is 26.2 Å². The van der Waals surface area contributed by atoms with Gasteiger partial charge in [-0.25, -0.2) is 0 Å². The maximum absolute atomic E-state index is 12.2. The zero-order valence-corrected chi connectivity index (χ0v) is 11.5. The second kappa shape index (κ2) is 4.47. The van der Waals surface area contributed by atoms with Gasteiger partial charge in [0.05, 0.1) is 17.9 Å². The van der Waals surface area contributed by atoms with Crippen LogP contribution in [0.15, 0.2) is 0 Å². The molecule has 3 aliphatic rings. The number of carbonyl (C=O) groups excluding carboxylic acids is 2. The summed E-state index contributed by atoms with van der Waals surface area (Å²) in [7, 11) is 0. The monoisotopic (exact) mass is 266 g/mol. The van der Waals surface area contributed by atoms with Gasteiger partial charge in [0.15, 0.2) is 0 Å². The first-order valence-electron chi connectivity index (χ1n) is 7.31. The molecule has 2 heterocycles. The summed E-state index contributed by atoms with van der Waals surface area (Å²) in [5.74, 6) is 0.518. The van der Waals surface area contributed by atoms with E-state index in [1.54, 1.807) is 4.90 Å². The molecule has 1 aliphatic carbocycles. The summed E-state index contributed by atoms with van der Waals surface area (Å²) < 4.78 is 0. The minimum absolute atomic E-state index is 0.0000616. The number of likely N-dealkylation sites (tertiary alicyclic amines) is 2. The van der Waals surface area contributed by atoms with Crippen LogP contribution in [0.3, 0.4) is 0 Å². The van der Waals surface area contributed by atoms with Crippen LogP contribution < -0.4 is 0 Å². The first kappa shape index (κ1) is 12.9. The highest BCUT2D eigenvalue weighted by molar-refractivity contribution is 5.84. The Balaban J connectivity index is 1.58. The molecule has 0 radical (unpaired) electrons. The molecular formula is C14H22N2O3. The van der Waals surface area contributed by atoms with Gasteiger partial charge in [0.25, 0.3) is 0 Å². The Morgan fingerprint density at radius 3 is 2.63 bits per heavy atom. The van der Waals surface area contributed by atoms with Crippen molar-refractivity contribution in [2.24, 2.45) is 11.8 Å². The molecule has 3 rings (SSSR count). The lowest BCUT2D eigenvalue weighted by Gasteiger charge is -2.37. The Bertz CT molecular complexity index is 405.